The van der Waals surface area contributed by atoms with Gasteiger partial charge in [0, 0.05) is 38.4 Å². The molecule has 5 nitrogen and oxygen atoms in total. The maximum Gasteiger partial charge on any atom is 0.224 e. The van der Waals surface area contributed by atoms with Gasteiger partial charge >= 0.3 is 0 Å². The van der Waals surface area contributed by atoms with Crippen LogP contribution < -0.4 is 5.32 Å². The molecule has 154 valence electrons. The van der Waals surface area contributed by atoms with Gasteiger partial charge in [-0.15, -0.1) is 0 Å². The summed E-state index contributed by atoms with van der Waals surface area (Å²) < 4.78 is 5.41. The smallest absolute Gasteiger partial charge is 0.224 e. The van der Waals surface area contributed by atoms with Gasteiger partial charge in [-0.2, -0.15) is 0 Å². The Morgan fingerprint density at radius 2 is 1.75 bits per heavy atom. The molecule has 1 atom stereocenters. The van der Waals surface area contributed by atoms with Crippen LogP contribution in [0.4, 0.5) is 0 Å². The molecular weight excluding hydrogens is 350 g/mol. The average molecular weight is 386 g/mol. The quantitative estimate of drug-likeness (QED) is 0.846. The van der Waals surface area contributed by atoms with Crippen molar-refractivity contribution in [1.82, 2.24) is 15.1 Å². The van der Waals surface area contributed by atoms with Crippen LogP contribution in [0.15, 0.2) is 30.3 Å². The molecule has 0 bridgehead atoms. The second-order valence-corrected chi connectivity index (χ2v) is 8.72. The minimum atomic E-state index is 0.166. The molecule has 3 aliphatic rings. The van der Waals surface area contributed by atoms with Crippen LogP contribution in [0.25, 0.3) is 0 Å². The van der Waals surface area contributed by atoms with E-state index in [9.17, 15) is 4.79 Å². The van der Waals surface area contributed by atoms with E-state index in [1.54, 1.807) is 0 Å². The van der Waals surface area contributed by atoms with Crippen LogP contribution in [-0.4, -0.2) is 67.2 Å². The molecule has 3 aliphatic heterocycles. The molecule has 3 heterocycles. The number of hydrogen-bond acceptors (Lipinski definition) is 4. The molecule has 5 heteroatoms. The van der Waals surface area contributed by atoms with Crippen molar-refractivity contribution < 1.29 is 9.53 Å². The summed E-state index contributed by atoms with van der Waals surface area (Å²) in [4.78, 5) is 17.9. The third-order valence-electron chi connectivity index (χ3n) is 6.71. The second-order valence-electron chi connectivity index (χ2n) is 8.72. The number of amides is 1. The minimum absolute atomic E-state index is 0.166. The van der Waals surface area contributed by atoms with Gasteiger partial charge in [0.15, 0.2) is 0 Å². The normalized spacial score (nSPS) is 26.2. The van der Waals surface area contributed by atoms with Crippen molar-refractivity contribution in [2.45, 2.75) is 57.2 Å². The molecule has 0 aromatic heterocycles. The predicted octanol–water partition coefficient (Wildman–Crippen LogP) is 2.66. The Morgan fingerprint density at radius 1 is 1.00 bits per heavy atom. The molecule has 0 saturated carbocycles. The van der Waals surface area contributed by atoms with E-state index in [0.717, 1.165) is 71.6 Å². The summed E-state index contributed by atoms with van der Waals surface area (Å²) in [5, 5.41) is 3.29. The Kier molecular flexibility index (Phi) is 7.00. The summed E-state index contributed by atoms with van der Waals surface area (Å²) in [6.45, 7) is 7.04. The Bertz CT molecular complexity index is 610. The third-order valence-corrected chi connectivity index (χ3v) is 6.71. The van der Waals surface area contributed by atoms with E-state index in [2.05, 4.69) is 45.4 Å². The fourth-order valence-electron chi connectivity index (χ4n) is 5.00. The summed E-state index contributed by atoms with van der Waals surface area (Å²) >= 11 is 0. The maximum atomic E-state index is 12.8. The topological polar surface area (TPSA) is 44.8 Å². The summed E-state index contributed by atoms with van der Waals surface area (Å²) in [5.41, 5.74) is 1.41. The van der Waals surface area contributed by atoms with Gasteiger partial charge in [0.2, 0.25) is 5.91 Å². The van der Waals surface area contributed by atoms with E-state index in [1.165, 1.54) is 18.4 Å². The van der Waals surface area contributed by atoms with Crippen molar-refractivity contribution in [1.29, 1.82) is 0 Å². The highest BCUT2D eigenvalue weighted by molar-refractivity contribution is 5.79. The standard InChI is InChI=1S/C23H35N3O2/c27-23(24-21-10-15-28-16-11-21)20-7-4-12-26(18-20)22-8-13-25(14-9-22)17-19-5-2-1-3-6-19/h1-3,5-6,20-22H,4,7-18H2,(H,24,27). The molecule has 1 unspecified atom stereocenters. The Hall–Kier alpha value is -1.43. The number of piperidine rings is 2. The van der Waals surface area contributed by atoms with Crippen molar-refractivity contribution in [3.63, 3.8) is 0 Å². The molecule has 1 N–H and O–H groups in total. The number of likely N-dealkylation sites (tertiary alicyclic amines) is 2. The van der Waals surface area contributed by atoms with E-state index in [4.69, 9.17) is 4.74 Å². The van der Waals surface area contributed by atoms with E-state index in [-0.39, 0.29) is 11.8 Å². The predicted molar refractivity (Wildman–Crippen MR) is 111 cm³/mol. The number of rotatable bonds is 5. The zero-order valence-corrected chi connectivity index (χ0v) is 17.0. The first-order valence-electron chi connectivity index (χ1n) is 11.2. The highest BCUT2D eigenvalue weighted by Gasteiger charge is 2.32. The van der Waals surface area contributed by atoms with E-state index >= 15 is 0 Å². The van der Waals surface area contributed by atoms with E-state index < -0.39 is 0 Å². The van der Waals surface area contributed by atoms with E-state index in [1.807, 2.05) is 0 Å². The SMILES string of the molecule is O=C(NC1CCOCC1)C1CCCN(C2CCN(Cc3ccccc3)CC2)C1. The van der Waals surface area contributed by atoms with Crippen LogP contribution in [0.3, 0.4) is 0 Å². The van der Waals surface area contributed by atoms with Crippen molar-refractivity contribution in [3.8, 4) is 0 Å². The first kappa shape index (κ1) is 19.9. The maximum absolute atomic E-state index is 12.8. The first-order valence-corrected chi connectivity index (χ1v) is 11.2. The molecule has 28 heavy (non-hydrogen) atoms. The van der Waals surface area contributed by atoms with Crippen molar-refractivity contribution >= 4 is 5.91 Å². The minimum Gasteiger partial charge on any atom is -0.381 e. The number of carbonyl (C=O) groups excluding carboxylic acids is 1. The number of carbonyl (C=O) groups is 1. The number of benzene rings is 1. The molecule has 1 amide bonds. The molecule has 0 spiro atoms. The lowest BCUT2D eigenvalue weighted by Crippen LogP contribution is -2.52. The molecule has 4 rings (SSSR count). The van der Waals surface area contributed by atoms with Crippen LogP contribution in [0, 0.1) is 5.92 Å². The lowest BCUT2D eigenvalue weighted by Gasteiger charge is -2.42. The van der Waals surface area contributed by atoms with Gasteiger partial charge in [0.1, 0.15) is 0 Å². The number of nitrogens with one attached hydrogen (secondary N) is 1. The number of hydrogen-bond donors (Lipinski definition) is 1. The van der Waals surface area contributed by atoms with Gasteiger partial charge in [-0.1, -0.05) is 30.3 Å². The summed E-state index contributed by atoms with van der Waals surface area (Å²) in [7, 11) is 0. The third kappa shape index (κ3) is 5.34. The average Bonchev–Trinajstić information content (AvgIpc) is 2.76. The Balaban J connectivity index is 1.23. The monoisotopic (exact) mass is 385 g/mol. The summed E-state index contributed by atoms with van der Waals surface area (Å²) in [6, 6.07) is 11.7. The lowest BCUT2D eigenvalue weighted by atomic mass is 9.92. The summed E-state index contributed by atoms with van der Waals surface area (Å²) in [5.74, 6) is 0.442. The van der Waals surface area contributed by atoms with Gasteiger partial charge in [-0.05, 0) is 63.7 Å². The van der Waals surface area contributed by atoms with Crippen LogP contribution >= 0.6 is 0 Å². The highest BCUT2D eigenvalue weighted by atomic mass is 16.5. The molecule has 0 aliphatic carbocycles. The molecule has 1 aromatic carbocycles. The van der Waals surface area contributed by atoms with Gasteiger partial charge in [-0.25, -0.2) is 0 Å². The highest BCUT2D eigenvalue weighted by Crippen LogP contribution is 2.25. The molecule has 3 fully saturated rings. The molecule has 0 radical (unpaired) electrons. The zero-order chi connectivity index (χ0) is 19.2. The van der Waals surface area contributed by atoms with Gasteiger partial charge in [0.05, 0.1) is 5.92 Å². The van der Waals surface area contributed by atoms with Crippen LogP contribution in [-0.2, 0) is 16.1 Å². The molecule has 1 aromatic rings. The molecular formula is C23H35N3O2. The Morgan fingerprint density at radius 3 is 2.50 bits per heavy atom. The number of ether oxygens (including phenoxy) is 1. The lowest BCUT2D eigenvalue weighted by molar-refractivity contribution is -0.128. The fraction of sp³-hybridized carbons (Fsp3) is 0.696. The van der Waals surface area contributed by atoms with Crippen molar-refractivity contribution in [3.05, 3.63) is 35.9 Å². The van der Waals surface area contributed by atoms with Crippen molar-refractivity contribution in [2.24, 2.45) is 5.92 Å². The van der Waals surface area contributed by atoms with Gasteiger partial charge in [-0.3, -0.25) is 14.6 Å². The van der Waals surface area contributed by atoms with Crippen LogP contribution in [0.5, 0.6) is 0 Å². The zero-order valence-electron chi connectivity index (χ0n) is 17.0. The van der Waals surface area contributed by atoms with Crippen molar-refractivity contribution in [2.75, 3.05) is 39.4 Å². The largest absolute Gasteiger partial charge is 0.381 e. The Labute approximate surface area is 169 Å². The second kappa shape index (κ2) is 9.86. The van der Waals surface area contributed by atoms with Crippen LogP contribution in [0.2, 0.25) is 0 Å². The fourth-order valence-corrected chi connectivity index (χ4v) is 5.00. The first-order chi connectivity index (χ1) is 13.8. The van der Waals surface area contributed by atoms with E-state index in [0.29, 0.717) is 12.1 Å². The van der Waals surface area contributed by atoms with Gasteiger partial charge in [0.25, 0.3) is 0 Å². The van der Waals surface area contributed by atoms with Gasteiger partial charge < -0.3 is 10.1 Å². The summed E-state index contributed by atoms with van der Waals surface area (Å²) in [6.07, 6.45) is 6.56. The number of nitrogens with zero attached hydrogens (tertiary/aromatic N) is 2. The van der Waals surface area contributed by atoms with Crippen LogP contribution in [0.1, 0.15) is 44.1 Å². The molecule has 3 saturated heterocycles.